The van der Waals surface area contributed by atoms with Crippen LogP contribution in [0.5, 0.6) is 0 Å². The van der Waals surface area contributed by atoms with E-state index in [1.165, 1.54) is 56.1 Å². The first-order chi connectivity index (χ1) is 10.8. The number of hydrogen-bond acceptors (Lipinski definition) is 1. The second-order valence-corrected chi connectivity index (χ2v) is 9.90. The fourth-order valence-corrected chi connectivity index (χ4v) is 5.98. The lowest BCUT2D eigenvalue weighted by atomic mass is 9.47. The normalized spacial score (nSPS) is 34.8. The summed E-state index contributed by atoms with van der Waals surface area (Å²) in [7, 11) is 3.14. The Hall–Kier alpha value is 0.300. The number of fused-ring (bicyclic) bond motifs is 1. The third-order valence-corrected chi connectivity index (χ3v) is 7.58. The molecular formula is C20H36OP2. The molecule has 2 aliphatic carbocycles. The maximum atomic E-state index is 5.45. The summed E-state index contributed by atoms with van der Waals surface area (Å²) < 4.78 is 5.45. The number of hydrogen-bond donors (Lipinski definition) is 0. The Morgan fingerprint density at radius 2 is 2.13 bits per heavy atom. The molecule has 0 amide bonds. The Morgan fingerprint density at radius 3 is 2.83 bits per heavy atom. The van der Waals surface area contributed by atoms with Crippen LogP contribution in [-0.4, -0.2) is 6.61 Å². The lowest BCUT2D eigenvalue weighted by molar-refractivity contribution is -0.0539. The molecule has 0 aromatic rings. The summed E-state index contributed by atoms with van der Waals surface area (Å²) in [5.41, 5.74) is 3.97. The van der Waals surface area contributed by atoms with Crippen molar-refractivity contribution in [1.82, 2.24) is 0 Å². The van der Waals surface area contributed by atoms with Crippen LogP contribution in [0.15, 0.2) is 23.8 Å². The molecule has 0 spiro atoms. The van der Waals surface area contributed by atoms with Gasteiger partial charge in [-0.1, -0.05) is 59.9 Å². The van der Waals surface area contributed by atoms with Crippen molar-refractivity contribution in [3.63, 3.8) is 0 Å². The Labute approximate surface area is 148 Å². The zero-order chi connectivity index (χ0) is 17.1. The SMILES string of the molecule is C=C1CCC2C(C)(C)CCC[C@]2(C)[C@H]1CC/C(C)=C/COPP. The second-order valence-electron chi connectivity index (χ2n) is 8.67. The van der Waals surface area contributed by atoms with Crippen molar-refractivity contribution >= 4 is 17.4 Å². The first-order valence-corrected chi connectivity index (χ1v) is 11.9. The minimum absolute atomic E-state index is 0.468. The van der Waals surface area contributed by atoms with Crippen LogP contribution in [-0.2, 0) is 4.52 Å². The van der Waals surface area contributed by atoms with E-state index in [0.717, 1.165) is 12.5 Å². The van der Waals surface area contributed by atoms with Gasteiger partial charge in [-0.05, 0) is 68.1 Å². The van der Waals surface area contributed by atoms with Gasteiger partial charge in [0, 0.05) is 8.50 Å². The van der Waals surface area contributed by atoms with Gasteiger partial charge in [-0.15, -0.1) is 0 Å². The molecule has 2 rings (SSSR count). The van der Waals surface area contributed by atoms with Gasteiger partial charge in [-0.3, -0.25) is 0 Å². The van der Waals surface area contributed by atoms with E-state index >= 15 is 0 Å². The van der Waals surface area contributed by atoms with Crippen molar-refractivity contribution in [1.29, 1.82) is 0 Å². The summed E-state index contributed by atoms with van der Waals surface area (Å²) in [6.07, 6.45) is 11.5. The fraction of sp³-hybridized carbons (Fsp3) is 0.800. The van der Waals surface area contributed by atoms with E-state index in [1.54, 1.807) is 0 Å². The van der Waals surface area contributed by atoms with Gasteiger partial charge in [0.25, 0.3) is 0 Å². The summed E-state index contributed by atoms with van der Waals surface area (Å²) in [5, 5.41) is 0. The molecule has 0 aliphatic heterocycles. The van der Waals surface area contributed by atoms with Crippen LogP contribution in [0.2, 0.25) is 0 Å². The summed E-state index contributed by atoms with van der Waals surface area (Å²) >= 11 is 0. The van der Waals surface area contributed by atoms with Crippen LogP contribution in [0.3, 0.4) is 0 Å². The van der Waals surface area contributed by atoms with Gasteiger partial charge in [0.2, 0.25) is 0 Å². The highest BCUT2D eigenvalue weighted by molar-refractivity contribution is 8.00. The molecule has 0 saturated heterocycles. The highest BCUT2D eigenvalue weighted by Gasteiger charge is 2.52. The monoisotopic (exact) mass is 354 g/mol. The predicted molar refractivity (Wildman–Crippen MR) is 108 cm³/mol. The van der Waals surface area contributed by atoms with E-state index in [4.69, 9.17) is 4.52 Å². The van der Waals surface area contributed by atoms with E-state index in [1.807, 2.05) is 0 Å². The molecule has 2 fully saturated rings. The summed E-state index contributed by atoms with van der Waals surface area (Å²) in [5.74, 6) is 1.57. The molecule has 0 radical (unpaired) electrons. The Balaban J connectivity index is 2.06. The molecule has 3 unspecified atom stereocenters. The molecule has 2 saturated carbocycles. The molecule has 3 heteroatoms. The standard InChI is InChI=1S/C20H36OP2/c1-15(11-14-21-23-22)7-9-17-16(2)8-10-18-19(3,4)12-6-13-20(17,18)5/h11,17-18,23H,2,6-10,12-14,22H2,1,3-5H3/b15-11+/t17-,18?,20+/m0/s1. The quantitative estimate of drug-likeness (QED) is 0.286. The average molecular weight is 354 g/mol. The van der Waals surface area contributed by atoms with Gasteiger partial charge in [0.1, 0.15) is 0 Å². The van der Waals surface area contributed by atoms with Crippen LogP contribution < -0.4 is 0 Å². The third kappa shape index (κ3) is 4.48. The molecule has 0 heterocycles. The van der Waals surface area contributed by atoms with Gasteiger partial charge >= 0.3 is 0 Å². The highest BCUT2D eigenvalue weighted by atomic mass is 32.0. The topological polar surface area (TPSA) is 9.23 Å². The zero-order valence-corrected chi connectivity index (χ0v) is 17.7. The maximum Gasteiger partial charge on any atom is 0.0693 e. The van der Waals surface area contributed by atoms with Crippen LogP contribution in [0.4, 0.5) is 0 Å². The van der Waals surface area contributed by atoms with E-state index in [9.17, 15) is 0 Å². The molecule has 2 aliphatic rings. The van der Waals surface area contributed by atoms with Gasteiger partial charge < -0.3 is 4.52 Å². The molecular weight excluding hydrogens is 318 g/mol. The van der Waals surface area contributed by atoms with Gasteiger partial charge in [0.15, 0.2) is 0 Å². The molecule has 132 valence electrons. The van der Waals surface area contributed by atoms with E-state index in [0.29, 0.717) is 25.2 Å². The molecule has 0 N–H and O–H groups in total. The maximum absolute atomic E-state index is 5.45. The van der Waals surface area contributed by atoms with Gasteiger partial charge in [-0.25, -0.2) is 0 Å². The van der Waals surface area contributed by atoms with E-state index < -0.39 is 0 Å². The van der Waals surface area contributed by atoms with Crippen LogP contribution >= 0.6 is 17.4 Å². The van der Waals surface area contributed by atoms with Crippen molar-refractivity contribution < 1.29 is 4.52 Å². The molecule has 23 heavy (non-hydrogen) atoms. The Kier molecular flexibility index (Phi) is 6.93. The third-order valence-electron chi connectivity index (χ3n) is 6.74. The minimum atomic E-state index is 0.468. The van der Waals surface area contributed by atoms with Crippen molar-refractivity contribution in [3.8, 4) is 0 Å². The molecule has 0 aromatic carbocycles. The van der Waals surface area contributed by atoms with Crippen molar-refractivity contribution in [3.05, 3.63) is 23.8 Å². The van der Waals surface area contributed by atoms with Gasteiger partial charge in [-0.2, -0.15) is 0 Å². The largest absolute Gasteiger partial charge is 0.354 e. The highest BCUT2D eigenvalue weighted by Crippen LogP contribution is 2.61. The second kappa shape index (κ2) is 8.12. The summed E-state index contributed by atoms with van der Waals surface area (Å²) in [6.45, 7) is 15.1. The molecule has 0 aromatic heterocycles. The number of allylic oxidation sites excluding steroid dienone is 2. The first-order valence-electron chi connectivity index (χ1n) is 9.22. The Morgan fingerprint density at radius 1 is 1.39 bits per heavy atom. The summed E-state index contributed by atoms with van der Waals surface area (Å²) in [4.78, 5) is 0. The van der Waals surface area contributed by atoms with Crippen LogP contribution in [0.1, 0.15) is 72.6 Å². The lowest BCUT2D eigenvalue weighted by Crippen LogP contribution is -2.49. The minimum Gasteiger partial charge on any atom is -0.354 e. The smallest absolute Gasteiger partial charge is 0.0693 e. The van der Waals surface area contributed by atoms with Crippen molar-refractivity contribution in [2.45, 2.75) is 72.6 Å². The zero-order valence-electron chi connectivity index (χ0n) is 15.6. The molecule has 1 nitrogen and oxygen atoms in total. The Bertz CT molecular complexity index is 455. The fourth-order valence-electron chi connectivity index (χ4n) is 5.51. The van der Waals surface area contributed by atoms with E-state index in [2.05, 4.69) is 49.3 Å². The molecule has 0 bridgehead atoms. The van der Waals surface area contributed by atoms with Crippen molar-refractivity contribution in [2.24, 2.45) is 22.7 Å². The van der Waals surface area contributed by atoms with E-state index in [-0.39, 0.29) is 0 Å². The van der Waals surface area contributed by atoms with Crippen LogP contribution in [0.25, 0.3) is 0 Å². The van der Waals surface area contributed by atoms with Crippen LogP contribution in [0, 0.1) is 22.7 Å². The van der Waals surface area contributed by atoms with Crippen molar-refractivity contribution in [2.75, 3.05) is 6.61 Å². The molecule has 5 atom stereocenters. The van der Waals surface area contributed by atoms with Gasteiger partial charge in [0.05, 0.1) is 6.61 Å². The number of rotatable bonds is 6. The average Bonchev–Trinajstić information content (AvgIpc) is 2.45. The first kappa shape index (κ1) is 19.6. The summed E-state index contributed by atoms with van der Waals surface area (Å²) in [6, 6.07) is 0. The lowest BCUT2D eigenvalue weighted by Gasteiger charge is -2.58. The predicted octanol–water partition coefficient (Wildman–Crippen LogP) is 6.91.